The topological polar surface area (TPSA) is 57.5 Å². The molecule has 0 aliphatic carbocycles. The van der Waals surface area contributed by atoms with Gasteiger partial charge in [-0.3, -0.25) is 0 Å². The Morgan fingerprint density at radius 2 is 0.917 bits per heavy atom. The second-order valence-corrected chi connectivity index (χ2v) is 7.30. The summed E-state index contributed by atoms with van der Waals surface area (Å²) in [6.07, 6.45) is 21.6. The Kier molecular flexibility index (Phi) is 18.3. The Labute approximate surface area is 150 Å². The van der Waals surface area contributed by atoms with Crippen LogP contribution in [0.2, 0.25) is 0 Å². The van der Waals surface area contributed by atoms with Crippen molar-refractivity contribution < 1.29 is 15.0 Å². The summed E-state index contributed by atoms with van der Waals surface area (Å²) < 4.78 is 0. The van der Waals surface area contributed by atoms with Crippen LogP contribution in [0.4, 0.5) is 0 Å². The Balaban J connectivity index is 3.04. The molecule has 0 aromatic carbocycles. The molecule has 24 heavy (non-hydrogen) atoms. The van der Waals surface area contributed by atoms with E-state index in [0.29, 0.717) is 6.42 Å². The van der Waals surface area contributed by atoms with E-state index in [1.807, 2.05) is 0 Å². The van der Waals surface area contributed by atoms with Crippen molar-refractivity contribution in [1.29, 1.82) is 0 Å². The number of hydrogen-bond acceptors (Lipinski definition) is 2. The fourth-order valence-electron chi connectivity index (χ4n) is 3.19. The maximum absolute atomic E-state index is 10.5. The van der Waals surface area contributed by atoms with E-state index < -0.39 is 12.1 Å². The molecule has 0 aliphatic rings. The van der Waals surface area contributed by atoms with Gasteiger partial charge in [-0.2, -0.15) is 0 Å². The maximum Gasteiger partial charge on any atom is 0.332 e. The molecule has 0 unspecified atom stereocenters. The van der Waals surface area contributed by atoms with Crippen molar-refractivity contribution in [2.24, 2.45) is 0 Å². The number of unbranched alkanes of at least 4 members (excludes halogenated alkanes) is 16. The molecule has 0 spiro atoms. The van der Waals surface area contributed by atoms with Gasteiger partial charge < -0.3 is 10.2 Å². The fraction of sp³-hybridized carbons (Fsp3) is 0.952. The van der Waals surface area contributed by atoms with Crippen molar-refractivity contribution in [2.45, 2.75) is 129 Å². The molecule has 144 valence electrons. The highest BCUT2D eigenvalue weighted by Crippen LogP contribution is 2.14. The molecule has 3 nitrogen and oxygen atoms in total. The van der Waals surface area contributed by atoms with Crippen LogP contribution in [0.1, 0.15) is 122 Å². The first-order valence-corrected chi connectivity index (χ1v) is 10.6. The van der Waals surface area contributed by atoms with Crippen molar-refractivity contribution in [2.75, 3.05) is 0 Å². The van der Waals surface area contributed by atoms with Crippen LogP contribution in [0.15, 0.2) is 0 Å². The van der Waals surface area contributed by atoms with E-state index in [9.17, 15) is 4.79 Å². The Bertz CT molecular complexity index is 266. The smallest absolute Gasteiger partial charge is 0.332 e. The van der Waals surface area contributed by atoms with Crippen molar-refractivity contribution in [3.63, 3.8) is 0 Å². The number of aliphatic hydroxyl groups is 1. The molecule has 0 aromatic heterocycles. The van der Waals surface area contributed by atoms with Crippen molar-refractivity contribution in [3.05, 3.63) is 0 Å². The van der Waals surface area contributed by atoms with Gasteiger partial charge in [0.25, 0.3) is 0 Å². The lowest BCUT2D eigenvalue weighted by Gasteiger charge is -2.05. The van der Waals surface area contributed by atoms with E-state index >= 15 is 0 Å². The molecular weight excluding hydrogens is 300 g/mol. The minimum Gasteiger partial charge on any atom is -0.479 e. The van der Waals surface area contributed by atoms with Gasteiger partial charge in [-0.05, 0) is 6.42 Å². The fourth-order valence-corrected chi connectivity index (χ4v) is 3.19. The normalized spacial score (nSPS) is 12.4. The SMILES string of the molecule is CCCCCCCCCCCCCCCCCCC[C@@H](O)C(=O)O. The first-order valence-electron chi connectivity index (χ1n) is 10.6. The minimum absolute atomic E-state index is 0.397. The molecule has 0 fully saturated rings. The molecule has 0 bridgehead atoms. The summed E-state index contributed by atoms with van der Waals surface area (Å²) >= 11 is 0. The Morgan fingerprint density at radius 1 is 0.625 bits per heavy atom. The molecule has 0 saturated heterocycles. The molecule has 0 amide bonds. The van der Waals surface area contributed by atoms with Gasteiger partial charge in [-0.1, -0.05) is 116 Å². The maximum atomic E-state index is 10.5. The number of rotatable bonds is 19. The van der Waals surface area contributed by atoms with Crippen LogP contribution < -0.4 is 0 Å². The van der Waals surface area contributed by atoms with Gasteiger partial charge >= 0.3 is 5.97 Å². The van der Waals surface area contributed by atoms with Crippen LogP contribution in [-0.2, 0) is 4.79 Å². The van der Waals surface area contributed by atoms with Crippen molar-refractivity contribution in [1.82, 2.24) is 0 Å². The molecule has 1 atom stereocenters. The van der Waals surface area contributed by atoms with Gasteiger partial charge in [0.1, 0.15) is 0 Å². The average Bonchev–Trinajstić information content (AvgIpc) is 2.57. The van der Waals surface area contributed by atoms with E-state index in [0.717, 1.165) is 12.8 Å². The number of carbonyl (C=O) groups is 1. The first kappa shape index (κ1) is 23.4. The number of hydrogen-bond donors (Lipinski definition) is 2. The van der Waals surface area contributed by atoms with Crippen LogP contribution in [0.5, 0.6) is 0 Å². The summed E-state index contributed by atoms with van der Waals surface area (Å²) in [6, 6.07) is 0. The molecule has 0 rings (SSSR count). The largest absolute Gasteiger partial charge is 0.479 e. The Morgan fingerprint density at radius 3 is 1.21 bits per heavy atom. The predicted molar refractivity (Wildman–Crippen MR) is 102 cm³/mol. The third-order valence-electron chi connectivity index (χ3n) is 4.87. The zero-order chi connectivity index (χ0) is 17.9. The molecule has 0 saturated carbocycles. The van der Waals surface area contributed by atoms with Crippen LogP contribution >= 0.6 is 0 Å². The second-order valence-electron chi connectivity index (χ2n) is 7.30. The monoisotopic (exact) mass is 342 g/mol. The van der Waals surface area contributed by atoms with Crippen LogP contribution in [0.25, 0.3) is 0 Å². The molecule has 0 heterocycles. The van der Waals surface area contributed by atoms with Crippen LogP contribution in [-0.4, -0.2) is 22.3 Å². The highest BCUT2D eigenvalue weighted by molar-refractivity contribution is 5.71. The molecule has 2 N–H and O–H groups in total. The van der Waals surface area contributed by atoms with Gasteiger partial charge in [0.2, 0.25) is 0 Å². The summed E-state index contributed by atoms with van der Waals surface area (Å²) in [7, 11) is 0. The highest BCUT2D eigenvalue weighted by Gasteiger charge is 2.11. The summed E-state index contributed by atoms with van der Waals surface area (Å²) in [5.41, 5.74) is 0. The van der Waals surface area contributed by atoms with E-state index in [2.05, 4.69) is 6.92 Å². The summed E-state index contributed by atoms with van der Waals surface area (Å²) in [6.45, 7) is 2.27. The lowest BCUT2D eigenvalue weighted by Crippen LogP contribution is -2.18. The number of aliphatic carboxylic acids is 1. The average molecular weight is 343 g/mol. The second kappa shape index (κ2) is 18.8. The van der Waals surface area contributed by atoms with Crippen LogP contribution in [0.3, 0.4) is 0 Å². The van der Waals surface area contributed by atoms with E-state index in [1.165, 1.54) is 96.3 Å². The molecular formula is C21H42O3. The lowest BCUT2D eigenvalue weighted by atomic mass is 10.0. The molecule has 0 aromatic rings. The molecule has 0 radical (unpaired) electrons. The van der Waals surface area contributed by atoms with E-state index in [-0.39, 0.29) is 0 Å². The zero-order valence-corrected chi connectivity index (χ0v) is 16.1. The number of aliphatic hydroxyl groups excluding tert-OH is 1. The van der Waals surface area contributed by atoms with Crippen molar-refractivity contribution >= 4 is 5.97 Å². The van der Waals surface area contributed by atoms with Crippen LogP contribution in [0, 0.1) is 0 Å². The summed E-state index contributed by atoms with van der Waals surface area (Å²) in [5, 5.41) is 17.7. The third-order valence-corrected chi connectivity index (χ3v) is 4.87. The van der Waals surface area contributed by atoms with Crippen molar-refractivity contribution in [3.8, 4) is 0 Å². The van der Waals surface area contributed by atoms with E-state index in [4.69, 9.17) is 10.2 Å². The first-order chi connectivity index (χ1) is 11.7. The van der Waals surface area contributed by atoms with Gasteiger partial charge in [-0.25, -0.2) is 4.79 Å². The quantitative estimate of drug-likeness (QED) is 0.264. The third kappa shape index (κ3) is 17.8. The van der Waals surface area contributed by atoms with Gasteiger partial charge in [0.05, 0.1) is 0 Å². The standard InChI is InChI=1S/C21H42O3/c1-2-3-4-5-6-7-8-9-10-11-12-13-14-15-16-17-18-19-20(22)21(23)24/h20,22H,2-19H2,1H3,(H,23,24)/t20-/m1/s1. The molecule has 3 heteroatoms. The van der Waals surface area contributed by atoms with Gasteiger partial charge in [-0.15, -0.1) is 0 Å². The number of carboxylic acids is 1. The summed E-state index contributed by atoms with van der Waals surface area (Å²) in [4.78, 5) is 10.5. The number of carboxylic acid groups (broad SMARTS) is 1. The zero-order valence-electron chi connectivity index (χ0n) is 16.1. The summed E-state index contributed by atoms with van der Waals surface area (Å²) in [5.74, 6) is -1.09. The lowest BCUT2D eigenvalue weighted by molar-refractivity contribution is -0.146. The van der Waals surface area contributed by atoms with E-state index in [1.54, 1.807) is 0 Å². The predicted octanol–water partition coefficient (Wildman–Crippen LogP) is 6.47. The molecule has 0 aliphatic heterocycles. The Hall–Kier alpha value is -0.570. The van der Waals surface area contributed by atoms with Gasteiger partial charge in [0.15, 0.2) is 6.10 Å². The highest BCUT2D eigenvalue weighted by atomic mass is 16.4. The van der Waals surface area contributed by atoms with Gasteiger partial charge in [0, 0.05) is 0 Å². The minimum atomic E-state index is -1.17.